The van der Waals surface area contributed by atoms with Crippen molar-refractivity contribution in [3.63, 3.8) is 0 Å². The number of hydrogen-bond donors (Lipinski definition) is 1. The Balaban J connectivity index is 1.50. The molecule has 1 N–H and O–H groups in total. The van der Waals surface area contributed by atoms with Crippen LogP contribution in [0, 0.1) is 0 Å². The molecule has 0 unspecified atom stereocenters. The van der Waals surface area contributed by atoms with Gasteiger partial charge in [-0.3, -0.25) is 9.69 Å². The monoisotopic (exact) mass is 350 g/mol. The Morgan fingerprint density at radius 2 is 1.96 bits per heavy atom. The van der Waals surface area contributed by atoms with Crippen molar-refractivity contribution in [2.75, 3.05) is 13.6 Å². The van der Waals surface area contributed by atoms with Crippen molar-refractivity contribution < 1.29 is 4.79 Å². The molecule has 1 atom stereocenters. The molecule has 0 fully saturated rings. The summed E-state index contributed by atoms with van der Waals surface area (Å²) in [6, 6.07) is 14.8. The van der Waals surface area contributed by atoms with E-state index in [1.807, 2.05) is 14.0 Å². The van der Waals surface area contributed by atoms with E-state index in [4.69, 9.17) is 0 Å². The first-order chi connectivity index (χ1) is 12.6. The summed E-state index contributed by atoms with van der Waals surface area (Å²) in [6.45, 7) is 3.50. The van der Waals surface area contributed by atoms with Gasteiger partial charge in [0.05, 0.1) is 6.04 Å². The van der Waals surface area contributed by atoms with E-state index in [-0.39, 0.29) is 11.9 Å². The molecule has 0 saturated carbocycles. The fraction of sp³-hybridized carbons (Fsp3) is 0.435. The Morgan fingerprint density at radius 1 is 1.15 bits per heavy atom. The van der Waals surface area contributed by atoms with E-state index in [1.165, 1.54) is 47.6 Å². The molecule has 2 aromatic carbocycles. The van der Waals surface area contributed by atoms with Gasteiger partial charge in [0.2, 0.25) is 5.91 Å². The molecule has 1 aliphatic rings. The van der Waals surface area contributed by atoms with Gasteiger partial charge in [0.15, 0.2) is 0 Å². The minimum atomic E-state index is -0.137. The number of benzene rings is 2. The summed E-state index contributed by atoms with van der Waals surface area (Å²) in [5.74, 6) is 0.115. The van der Waals surface area contributed by atoms with Gasteiger partial charge in [0.25, 0.3) is 0 Å². The molecule has 1 amide bonds. The molecular formula is C23H30N2O. The van der Waals surface area contributed by atoms with Crippen LogP contribution in [0.15, 0.2) is 54.1 Å². The van der Waals surface area contributed by atoms with Gasteiger partial charge >= 0.3 is 0 Å². The predicted octanol–water partition coefficient (Wildman–Crippen LogP) is 4.67. The molecule has 0 bridgehead atoms. The van der Waals surface area contributed by atoms with Crippen LogP contribution in [0.25, 0.3) is 10.8 Å². The highest BCUT2D eigenvalue weighted by molar-refractivity contribution is 5.83. The maximum Gasteiger partial charge on any atom is 0.237 e. The highest BCUT2D eigenvalue weighted by Crippen LogP contribution is 2.19. The van der Waals surface area contributed by atoms with Gasteiger partial charge in [-0.05, 0) is 68.5 Å². The Morgan fingerprint density at radius 3 is 2.73 bits per heavy atom. The number of likely N-dealkylation sites (N-methyl/N-ethyl adjacent to an activating group) is 1. The molecular weight excluding hydrogens is 320 g/mol. The fourth-order valence-corrected chi connectivity index (χ4v) is 3.59. The second kappa shape index (κ2) is 9.00. The highest BCUT2D eigenvalue weighted by atomic mass is 16.2. The summed E-state index contributed by atoms with van der Waals surface area (Å²) in [5.41, 5.74) is 2.74. The Bertz CT molecular complexity index is 781. The van der Waals surface area contributed by atoms with Crippen LogP contribution < -0.4 is 5.32 Å². The van der Waals surface area contributed by atoms with E-state index in [2.05, 4.69) is 58.8 Å². The van der Waals surface area contributed by atoms with E-state index >= 15 is 0 Å². The van der Waals surface area contributed by atoms with Gasteiger partial charge in [-0.25, -0.2) is 0 Å². The normalized spacial score (nSPS) is 15.7. The van der Waals surface area contributed by atoms with Crippen molar-refractivity contribution in [3.05, 3.63) is 59.7 Å². The van der Waals surface area contributed by atoms with Crippen LogP contribution in [-0.4, -0.2) is 30.4 Å². The van der Waals surface area contributed by atoms with E-state index in [1.54, 1.807) is 0 Å². The van der Waals surface area contributed by atoms with E-state index in [9.17, 15) is 4.79 Å². The number of amides is 1. The number of carbonyl (C=O) groups excluding carboxylic acids is 1. The van der Waals surface area contributed by atoms with E-state index < -0.39 is 0 Å². The highest BCUT2D eigenvalue weighted by Gasteiger charge is 2.18. The Hall–Kier alpha value is -2.13. The van der Waals surface area contributed by atoms with Crippen LogP contribution in [0.5, 0.6) is 0 Å². The van der Waals surface area contributed by atoms with Crippen LogP contribution in [0.1, 0.15) is 44.6 Å². The van der Waals surface area contributed by atoms with E-state index in [0.29, 0.717) is 0 Å². The smallest absolute Gasteiger partial charge is 0.237 e. The van der Waals surface area contributed by atoms with Crippen molar-refractivity contribution in [2.45, 2.75) is 51.6 Å². The van der Waals surface area contributed by atoms with Crippen LogP contribution in [-0.2, 0) is 11.3 Å². The van der Waals surface area contributed by atoms with Gasteiger partial charge in [-0.1, -0.05) is 48.0 Å². The molecule has 26 heavy (non-hydrogen) atoms. The molecule has 0 radical (unpaired) electrons. The zero-order chi connectivity index (χ0) is 18.4. The molecule has 0 spiro atoms. The summed E-state index contributed by atoms with van der Waals surface area (Å²) in [7, 11) is 2.02. The molecule has 3 nitrogen and oxygen atoms in total. The number of nitrogens with zero attached hydrogens (tertiary/aromatic N) is 1. The van der Waals surface area contributed by atoms with Gasteiger partial charge in [-0.15, -0.1) is 0 Å². The Labute approximate surface area is 157 Å². The van der Waals surface area contributed by atoms with Crippen molar-refractivity contribution >= 4 is 16.7 Å². The van der Waals surface area contributed by atoms with Gasteiger partial charge in [0.1, 0.15) is 0 Å². The molecule has 0 heterocycles. The number of rotatable bonds is 7. The second-order valence-electron chi connectivity index (χ2n) is 7.42. The van der Waals surface area contributed by atoms with Crippen LogP contribution in [0.3, 0.4) is 0 Å². The third-order valence-corrected chi connectivity index (χ3v) is 5.42. The van der Waals surface area contributed by atoms with E-state index in [0.717, 1.165) is 19.5 Å². The topological polar surface area (TPSA) is 32.3 Å². The lowest BCUT2D eigenvalue weighted by Gasteiger charge is -2.24. The van der Waals surface area contributed by atoms with Gasteiger partial charge in [-0.2, -0.15) is 0 Å². The summed E-state index contributed by atoms with van der Waals surface area (Å²) >= 11 is 0. The third-order valence-electron chi connectivity index (χ3n) is 5.42. The maximum absolute atomic E-state index is 12.5. The first-order valence-electron chi connectivity index (χ1n) is 9.77. The number of carbonyl (C=O) groups is 1. The van der Waals surface area contributed by atoms with Gasteiger partial charge < -0.3 is 5.32 Å². The summed E-state index contributed by atoms with van der Waals surface area (Å²) in [5, 5.41) is 5.60. The zero-order valence-electron chi connectivity index (χ0n) is 16.0. The maximum atomic E-state index is 12.5. The number of allylic oxidation sites excluding steroid dienone is 1. The first kappa shape index (κ1) is 18.7. The molecule has 3 rings (SSSR count). The second-order valence-corrected chi connectivity index (χ2v) is 7.42. The summed E-state index contributed by atoms with van der Waals surface area (Å²) in [4.78, 5) is 14.6. The summed E-state index contributed by atoms with van der Waals surface area (Å²) in [6.07, 6.45) is 8.36. The van der Waals surface area contributed by atoms with Crippen LogP contribution >= 0.6 is 0 Å². The largest absolute Gasteiger partial charge is 0.354 e. The van der Waals surface area contributed by atoms with Crippen molar-refractivity contribution in [2.24, 2.45) is 0 Å². The molecule has 0 saturated heterocycles. The quantitative estimate of drug-likeness (QED) is 0.736. The lowest BCUT2D eigenvalue weighted by atomic mass is 9.97. The molecule has 2 aromatic rings. The minimum absolute atomic E-state index is 0.115. The van der Waals surface area contributed by atoms with Crippen molar-refractivity contribution in [1.29, 1.82) is 0 Å². The Kier molecular flexibility index (Phi) is 6.45. The van der Waals surface area contributed by atoms with Crippen LogP contribution in [0.4, 0.5) is 0 Å². The first-order valence-corrected chi connectivity index (χ1v) is 9.77. The standard InChI is InChI=1S/C23H30N2O/c1-18(23(26)24-15-14-19-8-4-3-5-9-19)25(2)17-20-12-13-21-10-6-7-11-22(21)16-20/h6-8,10-13,16,18H,3-5,9,14-15,17H2,1-2H3,(H,24,26)/t18-/m1/s1. The zero-order valence-corrected chi connectivity index (χ0v) is 16.0. The average molecular weight is 351 g/mol. The summed E-state index contributed by atoms with van der Waals surface area (Å²) < 4.78 is 0. The van der Waals surface area contributed by atoms with Gasteiger partial charge in [0, 0.05) is 13.1 Å². The lowest BCUT2D eigenvalue weighted by Crippen LogP contribution is -2.43. The van der Waals surface area contributed by atoms with Crippen molar-refractivity contribution in [1.82, 2.24) is 10.2 Å². The number of fused-ring (bicyclic) bond motifs is 1. The molecule has 3 heteroatoms. The SMILES string of the molecule is C[C@H](C(=O)NCCC1=CCCCC1)N(C)Cc1ccc2ccccc2c1. The molecule has 138 valence electrons. The predicted molar refractivity (Wildman–Crippen MR) is 109 cm³/mol. The molecule has 0 aromatic heterocycles. The van der Waals surface area contributed by atoms with Crippen LogP contribution in [0.2, 0.25) is 0 Å². The third kappa shape index (κ3) is 4.95. The average Bonchev–Trinajstić information content (AvgIpc) is 2.68. The molecule has 1 aliphatic carbocycles. The number of nitrogens with one attached hydrogen (secondary N) is 1. The minimum Gasteiger partial charge on any atom is -0.354 e. The lowest BCUT2D eigenvalue weighted by molar-refractivity contribution is -0.125. The molecule has 0 aliphatic heterocycles. The number of hydrogen-bond acceptors (Lipinski definition) is 2. The van der Waals surface area contributed by atoms with Crippen molar-refractivity contribution in [3.8, 4) is 0 Å². The fourth-order valence-electron chi connectivity index (χ4n) is 3.59.